The molecule has 0 aromatic carbocycles. The van der Waals surface area contributed by atoms with Crippen molar-refractivity contribution in [3.8, 4) is 39.0 Å². The van der Waals surface area contributed by atoms with Crippen LogP contribution in [-0.2, 0) is 11.2 Å². The molecule has 0 radical (unpaired) electrons. The normalized spacial score (nSPS) is 11.3. The Morgan fingerprint density at radius 2 is 1.25 bits per heavy atom. The van der Waals surface area contributed by atoms with Crippen LogP contribution >= 0.6 is 88.5 Å². The molecule has 9 heteroatoms. The van der Waals surface area contributed by atoms with Crippen LogP contribution in [0.4, 0.5) is 0 Å². The van der Waals surface area contributed by atoms with Gasteiger partial charge in [0, 0.05) is 39.0 Å². The number of thiophene rings is 5. The van der Waals surface area contributed by atoms with Gasteiger partial charge in [0.1, 0.15) is 0 Å². The van der Waals surface area contributed by atoms with Crippen LogP contribution in [0.25, 0.3) is 39.0 Å². The summed E-state index contributed by atoms with van der Waals surface area (Å²) < 4.78 is 2.21. The fourth-order valence-corrected chi connectivity index (χ4v) is 9.99. The van der Waals surface area contributed by atoms with Gasteiger partial charge in [-0.1, -0.05) is 0 Å². The average molecular weight is 643 g/mol. The second-order valence-corrected chi connectivity index (χ2v) is 15.1. The summed E-state index contributed by atoms with van der Waals surface area (Å²) in [5.74, 6) is -0.805. The topological polar surface area (TPSA) is 37.3 Å². The van der Waals surface area contributed by atoms with Crippen LogP contribution in [0, 0.1) is 6.92 Å². The first-order valence-electron chi connectivity index (χ1n) is 9.44. The van der Waals surface area contributed by atoms with Crippen LogP contribution in [0.1, 0.15) is 11.1 Å². The average Bonchev–Trinajstić information content (AvgIpc) is 3.51. The van der Waals surface area contributed by atoms with Gasteiger partial charge >= 0.3 is 5.97 Å². The highest BCUT2D eigenvalue weighted by Crippen LogP contribution is 2.48. The molecule has 32 heavy (non-hydrogen) atoms. The van der Waals surface area contributed by atoms with E-state index in [2.05, 4.69) is 75.2 Å². The van der Waals surface area contributed by atoms with Gasteiger partial charge in [0.2, 0.25) is 0 Å². The van der Waals surface area contributed by atoms with Crippen LogP contribution in [0.3, 0.4) is 0 Å². The Kier molecular flexibility index (Phi) is 6.59. The SMILES string of the molecule is Cc1cc(-c2ccc(Br)s2)sc1-c1ccc(-c2sc(-c3ccc(Br)s3)cc2CC(=O)O)s1. The molecule has 0 fully saturated rings. The van der Waals surface area contributed by atoms with Gasteiger partial charge in [0.25, 0.3) is 0 Å². The molecular weight excluding hydrogens is 628 g/mol. The van der Waals surface area contributed by atoms with E-state index in [1.807, 2.05) is 23.5 Å². The zero-order chi connectivity index (χ0) is 22.4. The summed E-state index contributed by atoms with van der Waals surface area (Å²) in [4.78, 5) is 21.0. The molecule has 2 nitrogen and oxygen atoms in total. The zero-order valence-corrected chi connectivity index (χ0v) is 23.7. The minimum Gasteiger partial charge on any atom is -0.481 e. The highest BCUT2D eigenvalue weighted by molar-refractivity contribution is 9.11. The lowest BCUT2D eigenvalue weighted by molar-refractivity contribution is -0.136. The summed E-state index contributed by atoms with van der Waals surface area (Å²) in [6.07, 6.45) is 0.0288. The van der Waals surface area contributed by atoms with E-state index in [4.69, 9.17) is 0 Å². The fourth-order valence-electron chi connectivity index (χ4n) is 3.38. The molecule has 0 bridgehead atoms. The van der Waals surface area contributed by atoms with Crippen molar-refractivity contribution in [2.45, 2.75) is 13.3 Å². The zero-order valence-electron chi connectivity index (χ0n) is 16.5. The summed E-state index contributed by atoms with van der Waals surface area (Å²) in [5, 5.41) is 9.46. The van der Waals surface area contributed by atoms with E-state index < -0.39 is 5.97 Å². The number of halogens is 2. The van der Waals surface area contributed by atoms with E-state index in [-0.39, 0.29) is 6.42 Å². The van der Waals surface area contributed by atoms with Crippen molar-refractivity contribution in [2.75, 3.05) is 0 Å². The number of carboxylic acid groups (broad SMARTS) is 1. The first-order valence-corrected chi connectivity index (χ1v) is 15.1. The summed E-state index contributed by atoms with van der Waals surface area (Å²) >= 11 is 15.7. The van der Waals surface area contributed by atoms with E-state index in [9.17, 15) is 9.90 Å². The summed E-state index contributed by atoms with van der Waals surface area (Å²) in [5.41, 5.74) is 2.14. The molecule has 0 aliphatic carbocycles. The molecule has 0 spiro atoms. The third kappa shape index (κ3) is 4.61. The molecular formula is C23H14Br2O2S5. The third-order valence-electron chi connectivity index (χ3n) is 4.75. The van der Waals surface area contributed by atoms with Gasteiger partial charge in [0.15, 0.2) is 0 Å². The number of aliphatic carboxylic acids is 1. The maximum absolute atomic E-state index is 11.5. The first-order chi connectivity index (χ1) is 15.4. The molecule has 0 amide bonds. The molecule has 5 aromatic rings. The quantitative estimate of drug-likeness (QED) is 0.200. The molecule has 0 aliphatic heterocycles. The number of carbonyl (C=O) groups is 1. The summed E-state index contributed by atoms with van der Waals surface area (Å²) in [6, 6.07) is 16.9. The molecule has 0 saturated heterocycles. The van der Waals surface area contributed by atoms with Crippen molar-refractivity contribution < 1.29 is 9.90 Å². The minimum atomic E-state index is -0.805. The third-order valence-corrected chi connectivity index (χ3v) is 12.3. The van der Waals surface area contributed by atoms with E-state index in [1.54, 1.807) is 45.3 Å². The maximum atomic E-state index is 11.5. The van der Waals surface area contributed by atoms with Crippen LogP contribution in [0.15, 0.2) is 56.1 Å². The summed E-state index contributed by atoms with van der Waals surface area (Å²) in [7, 11) is 0. The molecule has 5 rings (SSSR count). The van der Waals surface area contributed by atoms with Crippen molar-refractivity contribution in [3.05, 3.63) is 67.2 Å². The molecule has 5 heterocycles. The molecule has 162 valence electrons. The number of aryl methyl sites for hydroxylation is 1. The Morgan fingerprint density at radius 3 is 1.81 bits per heavy atom. The highest BCUT2D eigenvalue weighted by Gasteiger charge is 2.19. The van der Waals surface area contributed by atoms with Crippen molar-refractivity contribution in [3.63, 3.8) is 0 Å². The van der Waals surface area contributed by atoms with E-state index >= 15 is 0 Å². The fraction of sp³-hybridized carbons (Fsp3) is 0.0870. The predicted molar refractivity (Wildman–Crippen MR) is 149 cm³/mol. The number of hydrogen-bond acceptors (Lipinski definition) is 6. The van der Waals surface area contributed by atoms with Gasteiger partial charge in [-0.2, -0.15) is 0 Å². The van der Waals surface area contributed by atoms with E-state index in [1.165, 1.54) is 25.1 Å². The van der Waals surface area contributed by atoms with Gasteiger partial charge in [-0.15, -0.1) is 56.7 Å². The van der Waals surface area contributed by atoms with Crippen LogP contribution in [0.5, 0.6) is 0 Å². The lowest BCUT2D eigenvalue weighted by Crippen LogP contribution is -1.99. The van der Waals surface area contributed by atoms with Crippen molar-refractivity contribution in [1.29, 1.82) is 0 Å². The Morgan fingerprint density at radius 1 is 0.719 bits per heavy atom. The second-order valence-electron chi connectivity index (χ2n) is 7.03. The highest BCUT2D eigenvalue weighted by atomic mass is 79.9. The largest absolute Gasteiger partial charge is 0.481 e. The van der Waals surface area contributed by atoms with Crippen LogP contribution in [-0.4, -0.2) is 11.1 Å². The van der Waals surface area contributed by atoms with Crippen LogP contribution < -0.4 is 0 Å². The van der Waals surface area contributed by atoms with Crippen LogP contribution in [0.2, 0.25) is 0 Å². The Labute approximate surface area is 222 Å². The minimum absolute atomic E-state index is 0.0288. The van der Waals surface area contributed by atoms with E-state index in [0.29, 0.717) is 0 Å². The van der Waals surface area contributed by atoms with Gasteiger partial charge in [0.05, 0.1) is 14.0 Å². The maximum Gasteiger partial charge on any atom is 0.307 e. The summed E-state index contributed by atoms with van der Waals surface area (Å²) in [6.45, 7) is 2.16. The Balaban J connectivity index is 1.52. The molecule has 0 unspecified atom stereocenters. The first kappa shape index (κ1) is 22.7. The lowest BCUT2D eigenvalue weighted by atomic mass is 10.1. The predicted octanol–water partition coefficient (Wildman–Crippen LogP) is 10.1. The van der Waals surface area contributed by atoms with E-state index in [0.717, 1.165) is 32.6 Å². The smallest absolute Gasteiger partial charge is 0.307 e. The molecule has 0 atom stereocenters. The number of hydrogen-bond donors (Lipinski definition) is 1. The van der Waals surface area contributed by atoms with Crippen molar-refractivity contribution in [1.82, 2.24) is 0 Å². The van der Waals surface area contributed by atoms with Crippen molar-refractivity contribution >= 4 is 94.5 Å². The van der Waals surface area contributed by atoms with Gasteiger partial charge in [-0.3, -0.25) is 4.79 Å². The second kappa shape index (κ2) is 9.29. The van der Waals surface area contributed by atoms with Gasteiger partial charge < -0.3 is 5.11 Å². The van der Waals surface area contributed by atoms with Crippen molar-refractivity contribution in [2.24, 2.45) is 0 Å². The number of rotatable bonds is 6. The Hall–Kier alpha value is -1.07. The molecule has 5 aromatic heterocycles. The molecule has 0 aliphatic rings. The number of carboxylic acids is 1. The van der Waals surface area contributed by atoms with Gasteiger partial charge in [-0.25, -0.2) is 0 Å². The lowest BCUT2D eigenvalue weighted by Gasteiger charge is -1.98. The molecule has 0 saturated carbocycles. The Bertz CT molecular complexity index is 1430. The monoisotopic (exact) mass is 640 g/mol. The van der Waals surface area contributed by atoms with Gasteiger partial charge in [-0.05, 0) is 98.4 Å². The molecule has 1 N–H and O–H groups in total. The standard InChI is InChI=1S/C23H14Br2O2S5/c1-11-8-17(13-4-6-19(24)29-13)31-22(11)15-2-3-16(28-15)23-12(10-21(26)27)9-18(32-23)14-5-7-20(25)30-14/h2-9H,10H2,1H3,(H,26,27).